The van der Waals surface area contributed by atoms with Gasteiger partial charge in [-0.3, -0.25) is 0 Å². The Bertz CT molecular complexity index is 3550. The van der Waals surface area contributed by atoms with Crippen molar-refractivity contribution in [2.75, 3.05) is 4.90 Å². The molecule has 0 saturated heterocycles. The molecule has 0 unspecified atom stereocenters. The molecule has 0 saturated carbocycles. The Labute approximate surface area is 390 Å². The van der Waals surface area contributed by atoms with E-state index in [1.165, 1.54) is 98.8 Å². The van der Waals surface area contributed by atoms with Crippen LogP contribution >= 0.6 is 0 Å². The van der Waals surface area contributed by atoms with Crippen LogP contribution in [0, 0.1) is 0 Å². The summed E-state index contributed by atoms with van der Waals surface area (Å²) in [5.74, 6) is 0. The molecule has 66 heavy (non-hydrogen) atoms. The SMILES string of the molecule is CC(C)(C)c1cc(-c2ccccc2)cc(N(c2cccc(-c3ccccc3)c2)c2ccc3ccc4c(-n5c6ccc(C(C)(C)C)cc6c6cc(C(C)(C)C)ccc65)ccc5ccc2c3c54)c1. The number of rotatable bonds is 6. The molecular weight excluding hydrogens is 797 g/mol. The summed E-state index contributed by atoms with van der Waals surface area (Å²) in [6.07, 6.45) is 0. The highest BCUT2D eigenvalue weighted by molar-refractivity contribution is 6.27. The zero-order valence-electron chi connectivity index (χ0n) is 39.8. The molecule has 10 aromatic carbocycles. The first-order valence-corrected chi connectivity index (χ1v) is 23.6. The number of nitrogens with zero attached hydrogens (tertiary/aromatic N) is 2. The molecule has 11 aromatic rings. The van der Waals surface area contributed by atoms with E-state index in [9.17, 15) is 0 Å². The van der Waals surface area contributed by atoms with Crippen molar-refractivity contribution in [2.24, 2.45) is 0 Å². The van der Waals surface area contributed by atoms with Gasteiger partial charge in [-0.05, 0) is 137 Å². The third-order valence-electron chi connectivity index (χ3n) is 14.0. The fourth-order valence-electron chi connectivity index (χ4n) is 10.2. The first-order chi connectivity index (χ1) is 31.6. The number of hydrogen-bond donors (Lipinski definition) is 0. The summed E-state index contributed by atoms with van der Waals surface area (Å²) in [5, 5.41) is 10.1. The number of hydrogen-bond acceptors (Lipinski definition) is 1. The van der Waals surface area contributed by atoms with Crippen molar-refractivity contribution in [3.8, 4) is 27.9 Å². The Morgan fingerprint density at radius 1 is 0.333 bits per heavy atom. The average Bonchev–Trinajstić information content (AvgIpc) is 3.64. The van der Waals surface area contributed by atoms with E-state index in [0.717, 1.165) is 17.1 Å². The Kier molecular flexibility index (Phi) is 9.57. The van der Waals surface area contributed by atoms with Crippen LogP contribution in [0.5, 0.6) is 0 Å². The van der Waals surface area contributed by atoms with Gasteiger partial charge in [0, 0.05) is 32.9 Å². The maximum Gasteiger partial charge on any atom is 0.0541 e. The van der Waals surface area contributed by atoms with Crippen LogP contribution in [0.2, 0.25) is 0 Å². The smallest absolute Gasteiger partial charge is 0.0541 e. The topological polar surface area (TPSA) is 8.17 Å². The van der Waals surface area contributed by atoms with Gasteiger partial charge in [-0.2, -0.15) is 0 Å². The molecule has 0 fully saturated rings. The van der Waals surface area contributed by atoms with Gasteiger partial charge < -0.3 is 9.47 Å². The van der Waals surface area contributed by atoms with E-state index in [4.69, 9.17) is 0 Å². The number of aromatic nitrogens is 1. The molecule has 11 rings (SSSR count). The Morgan fingerprint density at radius 2 is 0.833 bits per heavy atom. The molecule has 2 heteroatoms. The molecule has 0 bridgehead atoms. The highest BCUT2D eigenvalue weighted by Gasteiger charge is 2.25. The summed E-state index contributed by atoms with van der Waals surface area (Å²) >= 11 is 0. The van der Waals surface area contributed by atoms with Crippen molar-refractivity contribution in [3.63, 3.8) is 0 Å². The second-order valence-electron chi connectivity index (χ2n) is 21.5. The first-order valence-electron chi connectivity index (χ1n) is 23.6. The predicted molar refractivity (Wildman–Crippen MR) is 286 cm³/mol. The second-order valence-corrected chi connectivity index (χ2v) is 21.5. The summed E-state index contributed by atoms with van der Waals surface area (Å²) < 4.78 is 2.53. The fourth-order valence-corrected chi connectivity index (χ4v) is 10.2. The number of anilines is 3. The van der Waals surface area contributed by atoms with Gasteiger partial charge in [0.2, 0.25) is 0 Å². The van der Waals surface area contributed by atoms with Crippen LogP contribution in [0.1, 0.15) is 79.0 Å². The molecule has 0 N–H and O–H groups in total. The summed E-state index contributed by atoms with van der Waals surface area (Å²) in [7, 11) is 0. The van der Waals surface area contributed by atoms with Crippen LogP contribution < -0.4 is 4.90 Å². The molecule has 0 amide bonds. The molecule has 2 nitrogen and oxygen atoms in total. The van der Waals surface area contributed by atoms with Crippen molar-refractivity contribution in [1.82, 2.24) is 4.57 Å². The third kappa shape index (κ3) is 7.02. The fraction of sp³-hybridized carbons (Fsp3) is 0.188. The van der Waals surface area contributed by atoms with Gasteiger partial charge in [0.25, 0.3) is 0 Å². The minimum absolute atomic E-state index is 0.0306. The van der Waals surface area contributed by atoms with E-state index in [2.05, 4.69) is 260 Å². The molecule has 0 radical (unpaired) electrons. The van der Waals surface area contributed by atoms with E-state index in [1.807, 2.05) is 0 Å². The molecule has 0 spiro atoms. The van der Waals surface area contributed by atoms with E-state index in [-0.39, 0.29) is 16.2 Å². The highest BCUT2D eigenvalue weighted by atomic mass is 15.1. The van der Waals surface area contributed by atoms with Crippen LogP contribution in [0.4, 0.5) is 17.1 Å². The van der Waals surface area contributed by atoms with Crippen molar-refractivity contribution in [2.45, 2.75) is 78.6 Å². The zero-order chi connectivity index (χ0) is 45.7. The minimum atomic E-state index is -0.0778. The molecule has 0 aliphatic carbocycles. The third-order valence-corrected chi connectivity index (χ3v) is 14.0. The van der Waals surface area contributed by atoms with E-state index in [0.29, 0.717) is 0 Å². The maximum absolute atomic E-state index is 2.53. The van der Waals surface area contributed by atoms with Gasteiger partial charge in [-0.15, -0.1) is 0 Å². The second kappa shape index (κ2) is 15.2. The van der Waals surface area contributed by atoms with E-state index in [1.54, 1.807) is 0 Å². The largest absolute Gasteiger partial charge is 0.310 e. The quantitative estimate of drug-likeness (QED) is 0.151. The Balaban J connectivity index is 1.19. The van der Waals surface area contributed by atoms with E-state index >= 15 is 0 Å². The summed E-state index contributed by atoms with van der Waals surface area (Å²) in [6, 6.07) is 70.9. The Hall–Kier alpha value is -7.16. The lowest BCUT2D eigenvalue weighted by atomic mass is 9.84. The van der Waals surface area contributed by atoms with Crippen molar-refractivity contribution >= 4 is 71.2 Å². The van der Waals surface area contributed by atoms with Crippen LogP contribution in [-0.2, 0) is 16.2 Å². The van der Waals surface area contributed by atoms with Gasteiger partial charge in [0.05, 0.1) is 22.4 Å². The molecular formula is C64H58N2. The maximum atomic E-state index is 2.53. The lowest BCUT2D eigenvalue weighted by molar-refractivity contribution is 0.590. The molecule has 324 valence electrons. The summed E-state index contributed by atoms with van der Waals surface area (Å²) in [4.78, 5) is 2.51. The lowest BCUT2D eigenvalue weighted by Gasteiger charge is -2.30. The van der Waals surface area contributed by atoms with Crippen LogP contribution in [0.25, 0.3) is 82.1 Å². The van der Waals surface area contributed by atoms with Gasteiger partial charge in [-0.1, -0.05) is 190 Å². The van der Waals surface area contributed by atoms with Gasteiger partial charge in [0.1, 0.15) is 0 Å². The predicted octanol–water partition coefficient (Wildman–Crippen LogP) is 18.4. The zero-order valence-corrected chi connectivity index (χ0v) is 39.8. The Morgan fingerprint density at radius 3 is 1.42 bits per heavy atom. The van der Waals surface area contributed by atoms with Gasteiger partial charge in [-0.25, -0.2) is 0 Å². The molecule has 1 aromatic heterocycles. The van der Waals surface area contributed by atoms with Crippen molar-refractivity contribution in [1.29, 1.82) is 0 Å². The van der Waals surface area contributed by atoms with Crippen molar-refractivity contribution < 1.29 is 0 Å². The van der Waals surface area contributed by atoms with Crippen molar-refractivity contribution in [3.05, 3.63) is 205 Å². The normalized spacial score (nSPS) is 12.6. The monoisotopic (exact) mass is 854 g/mol. The summed E-state index contributed by atoms with van der Waals surface area (Å²) in [5.41, 5.74) is 15.8. The van der Waals surface area contributed by atoms with Crippen LogP contribution in [0.3, 0.4) is 0 Å². The number of benzene rings is 10. The average molecular weight is 855 g/mol. The summed E-state index contributed by atoms with van der Waals surface area (Å²) in [6.45, 7) is 20.8. The number of fused-ring (bicyclic) bond motifs is 3. The molecule has 1 heterocycles. The van der Waals surface area contributed by atoms with Crippen LogP contribution in [0.15, 0.2) is 188 Å². The molecule has 0 atom stereocenters. The molecule has 0 aliphatic rings. The standard InChI is InChI=1S/C64H58N2/c1-62(2,3)47-27-33-58-54(39-47)55-40-48(63(4,5)6)28-34-59(55)66(58)57-32-26-44-23-29-52-56(31-25-43-24-30-53(57)61(44)60(43)52)65(50-22-16-21-45(36-50)41-17-12-10-13-18-41)51-37-46(42-19-14-11-15-20-42)35-49(38-51)64(7,8)9/h10-40H,1-9H3. The van der Waals surface area contributed by atoms with Gasteiger partial charge in [0.15, 0.2) is 0 Å². The minimum Gasteiger partial charge on any atom is -0.310 e. The van der Waals surface area contributed by atoms with Crippen LogP contribution in [-0.4, -0.2) is 4.57 Å². The lowest BCUT2D eigenvalue weighted by Crippen LogP contribution is -2.15. The molecule has 0 aliphatic heterocycles. The van der Waals surface area contributed by atoms with Gasteiger partial charge >= 0.3 is 0 Å². The highest BCUT2D eigenvalue weighted by Crippen LogP contribution is 2.48. The van der Waals surface area contributed by atoms with E-state index < -0.39 is 0 Å². The first kappa shape index (κ1) is 41.5.